The molecule has 2 aromatic carbocycles. The lowest BCUT2D eigenvalue weighted by atomic mass is 10.1. The first-order valence-corrected chi connectivity index (χ1v) is 8.50. The number of benzene rings is 2. The van der Waals surface area contributed by atoms with Crippen LogP contribution in [0, 0.1) is 15.9 Å². The van der Waals surface area contributed by atoms with E-state index < -0.39 is 22.9 Å². The number of amides is 1. The van der Waals surface area contributed by atoms with E-state index in [0.717, 1.165) is 11.6 Å². The van der Waals surface area contributed by atoms with Crippen molar-refractivity contribution in [2.45, 2.75) is 19.4 Å². The van der Waals surface area contributed by atoms with Crippen molar-refractivity contribution in [3.63, 3.8) is 0 Å². The van der Waals surface area contributed by atoms with Gasteiger partial charge < -0.3 is 10.1 Å². The normalized spacial score (nSPS) is 11.8. The van der Waals surface area contributed by atoms with Crippen molar-refractivity contribution in [1.29, 1.82) is 0 Å². The van der Waals surface area contributed by atoms with E-state index in [1.807, 2.05) is 0 Å². The molecule has 1 atom stereocenters. The smallest absolute Gasteiger partial charge is 0.331 e. The number of non-ortho nitro benzene ring substituents is 1. The van der Waals surface area contributed by atoms with Crippen molar-refractivity contribution in [2.75, 3.05) is 6.54 Å². The second-order valence-electron chi connectivity index (χ2n) is 5.93. The van der Waals surface area contributed by atoms with Gasteiger partial charge in [0.2, 0.25) is 0 Å². The fraction of sp³-hybridized carbons (Fsp3) is 0.200. The van der Waals surface area contributed by atoms with E-state index in [2.05, 4.69) is 5.32 Å². The minimum atomic E-state index is -0.984. The van der Waals surface area contributed by atoms with Crippen LogP contribution in [0.2, 0.25) is 0 Å². The summed E-state index contributed by atoms with van der Waals surface area (Å²) in [6, 6.07) is 11.6. The fourth-order valence-electron chi connectivity index (χ4n) is 2.26. The maximum absolute atomic E-state index is 12.8. The second-order valence-corrected chi connectivity index (χ2v) is 5.93. The number of hydrogen-bond acceptors (Lipinski definition) is 5. The summed E-state index contributed by atoms with van der Waals surface area (Å²) in [5.74, 6) is -1.48. The van der Waals surface area contributed by atoms with Crippen LogP contribution < -0.4 is 5.32 Å². The van der Waals surface area contributed by atoms with Gasteiger partial charge in [0.15, 0.2) is 6.10 Å². The van der Waals surface area contributed by atoms with Crippen molar-refractivity contribution in [2.24, 2.45) is 0 Å². The monoisotopic (exact) mass is 386 g/mol. The van der Waals surface area contributed by atoms with E-state index in [-0.39, 0.29) is 11.5 Å². The number of nitrogens with zero attached hydrogens (tertiary/aromatic N) is 1. The zero-order valence-corrected chi connectivity index (χ0v) is 15.1. The molecule has 146 valence electrons. The van der Waals surface area contributed by atoms with Crippen LogP contribution in [0.15, 0.2) is 54.6 Å². The number of ether oxygens (including phenoxy) is 1. The molecule has 0 saturated carbocycles. The molecule has 0 aliphatic heterocycles. The van der Waals surface area contributed by atoms with Gasteiger partial charge in [0, 0.05) is 24.8 Å². The average Bonchev–Trinajstić information content (AvgIpc) is 2.68. The third kappa shape index (κ3) is 6.64. The van der Waals surface area contributed by atoms with Gasteiger partial charge in [0.1, 0.15) is 5.82 Å². The van der Waals surface area contributed by atoms with E-state index in [1.54, 1.807) is 12.1 Å². The molecule has 0 fully saturated rings. The zero-order chi connectivity index (χ0) is 20.5. The predicted molar refractivity (Wildman–Crippen MR) is 101 cm³/mol. The fourth-order valence-corrected chi connectivity index (χ4v) is 2.26. The SMILES string of the molecule is C[C@H](OC(=O)/C=C/c1ccc([N+](=O)[O-])cc1)C(=O)NCCc1ccc(F)cc1. The number of esters is 1. The van der Waals surface area contributed by atoms with E-state index in [0.29, 0.717) is 18.5 Å². The highest BCUT2D eigenvalue weighted by Crippen LogP contribution is 2.13. The molecule has 0 saturated heterocycles. The van der Waals surface area contributed by atoms with Crippen LogP contribution in [0.5, 0.6) is 0 Å². The quantitative estimate of drug-likeness (QED) is 0.325. The number of nitro benzene ring substituents is 1. The molecule has 0 bridgehead atoms. The first-order valence-electron chi connectivity index (χ1n) is 8.50. The molecule has 0 unspecified atom stereocenters. The van der Waals surface area contributed by atoms with Crippen molar-refractivity contribution in [3.8, 4) is 0 Å². The van der Waals surface area contributed by atoms with E-state index >= 15 is 0 Å². The molecule has 7 nitrogen and oxygen atoms in total. The summed E-state index contributed by atoms with van der Waals surface area (Å²) >= 11 is 0. The van der Waals surface area contributed by atoms with Gasteiger partial charge in [0.05, 0.1) is 4.92 Å². The molecule has 1 N–H and O–H groups in total. The number of nitrogens with one attached hydrogen (secondary N) is 1. The molecule has 0 aliphatic rings. The third-order valence-corrected chi connectivity index (χ3v) is 3.80. The molecular formula is C20H19FN2O5. The Hall–Kier alpha value is -3.55. The summed E-state index contributed by atoms with van der Waals surface area (Å²) in [6.07, 6.45) is 2.11. The molecule has 0 aromatic heterocycles. The highest BCUT2D eigenvalue weighted by Gasteiger charge is 2.15. The Morgan fingerprint density at radius 2 is 1.82 bits per heavy atom. The molecule has 0 aliphatic carbocycles. The van der Waals surface area contributed by atoms with Crippen LogP contribution >= 0.6 is 0 Å². The summed E-state index contributed by atoms with van der Waals surface area (Å²) in [5, 5.41) is 13.2. The number of halogens is 1. The maximum atomic E-state index is 12.8. The molecule has 2 aromatic rings. The lowest BCUT2D eigenvalue weighted by Crippen LogP contribution is -2.36. The van der Waals surface area contributed by atoms with Gasteiger partial charge in [-0.25, -0.2) is 9.18 Å². The summed E-state index contributed by atoms with van der Waals surface area (Å²) in [5.41, 5.74) is 1.40. The lowest BCUT2D eigenvalue weighted by Gasteiger charge is -2.12. The van der Waals surface area contributed by atoms with Crippen molar-refractivity contribution in [3.05, 3.63) is 81.7 Å². The minimum Gasteiger partial charge on any atom is -0.449 e. The van der Waals surface area contributed by atoms with Crippen molar-refractivity contribution < 1.29 is 23.6 Å². The lowest BCUT2D eigenvalue weighted by molar-refractivity contribution is -0.384. The topological polar surface area (TPSA) is 98.5 Å². The molecule has 2 rings (SSSR count). The van der Waals surface area contributed by atoms with Gasteiger partial charge in [-0.15, -0.1) is 0 Å². The standard InChI is InChI=1S/C20H19FN2O5/c1-14(20(25)22-13-12-16-2-7-17(21)8-3-16)28-19(24)11-6-15-4-9-18(10-5-15)23(26)27/h2-11,14H,12-13H2,1H3,(H,22,25)/b11-6+/t14-/m0/s1. The van der Waals surface area contributed by atoms with Gasteiger partial charge in [-0.2, -0.15) is 0 Å². The van der Waals surface area contributed by atoms with Crippen LogP contribution in [0.4, 0.5) is 10.1 Å². The van der Waals surface area contributed by atoms with E-state index in [4.69, 9.17) is 4.74 Å². The number of rotatable bonds is 8. The number of carbonyl (C=O) groups is 2. The summed E-state index contributed by atoms with van der Waals surface area (Å²) in [7, 11) is 0. The highest BCUT2D eigenvalue weighted by molar-refractivity contribution is 5.90. The summed E-state index contributed by atoms with van der Waals surface area (Å²) in [4.78, 5) is 33.8. The predicted octanol–water partition coefficient (Wildman–Crippen LogP) is 3.04. The number of nitro groups is 1. The molecule has 0 heterocycles. The van der Waals surface area contributed by atoms with E-state index in [1.165, 1.54) is 49.4 Å². The van der Waals surface area contributed by atoms with Crippen LogP contribution in [0.1, 0.15) is 18.1 Å². The maximum Gasteiger partial charge on any atom is 0.331 e. The summed E-state index contributed by atoms with van der Waals surface area (Å²) in [6.45, 7) is 1.77. The Balaban J connectivity index is 1.76. The van der Waals surface area contributed by atoms with Crippen LogP contribution in [-0.4, -0.2) is 29.4 Å². The van der Waals surface area contributed by atoms with Gasteiger partial charge in [-0.1, -0.05) is 12.1 Å². The third-order valence-electron chi connectivity index (χ3n) is 3.80. The molecule has 1 amide bonds. The molecule has 0 spiro atoms. The number of carbonyl (C=O) groups excluding carboxylic acids is 2. The zero-order valence-electron chi connectivity index (χ0n) is 15.1. The average molecular weight is 386 g/mol. The highest BCUT2D eigenvalue weighted by atomic mass is 19.1. The van der Waals surface area contributed by atoms with Gasteiger partial charge >= 0.3 is 5.97 Å². The molecular weight excluding hydrogens is 367 g/mol. The first-order chi connectivity index (χ1) is 13.3. The summed E-state index contributed by atoms with van der Waals surface area (Å²) < 4.78 is 17.9. The number of hydrogen-bond donors (Lipinski definition) is 1. The van der Waals surface area contributed by atoms with Gasteiger partial charge in [0.25, 0.3) is 11.6 Å². The van der Waals surface area contributed by atoms with E-state index in [9.17, 15) is 24.1 Å². The van der Waals surface area contributed by atoms with Crippen molar-refractivity contribution in [1.82, 2.24) is 5.32 Å². The largest absolute Gasteiger partial charge is 0.449 e. The first kappa shape index (κ1) is 20.8. The molecule has 28 heavy (non-hydrogen) atoms. The van der Waals surface area contributed by atoms with Gasteiger partial charge in [-0.05, 0) is 54.8 Å². The Labute approximate surface area is 161 Å². The van der Waals surface area contributed by atoms with Crippen LogP contribution in [0.3, 0.4) is 0 Å². The molecule has 8 heteroatoms. The van der Waals surface area contributed by atoms with Crippen LogP contribution in [-0.2, 0) is 20.7 Å². The Morgan fingerprint density at radius 1 is 1.18 bits per heavy atom. The molecule has 0 radical (unpaired) electrons. The Morgan fingerprint density at radius 3 is 2.43 bits per heavy atom. The Kier molecular flexibility index (Phi) is 7.38. The minimum absolute atomic E-state index is 0.0503. The van der Waals surface area contributed by atoms with Crippen LogP contribution in [0.25, 0.3) is 6.08 Å². The van der Waals surface area contributed by atoms with Crippen molar-refractivity contribution >= 4 is 23.6 Å². The van der Waals surface area contributed by atoms with Gasteiger partial charge in [-0.3, -0.25) is 14.9 Å². The second kappa shape index (κ2) is 9.96. The Bertz CT molecular complexity index is 863.